The first kappa shape index (κ1) is 11.9. The fourth-order valence-corrected chi connectivity index (χ4v) is 1.99. The third-order valence-corrected chi connectivity index (χ3v) is 2.96. The van der Waals surface area contributed by atoms with Gasteiger partial charge in [-0.1, -0.05) is 40.2 Å². The molecule has 2 aromatic rings. The second kappa shape index (κ2) is 5.19. The lowest BCUT2D eigenvalue weighted by Gasteiger charge is -1.99. The van der Waals surface area contributed by atoms with Crippen LogP contribution in [-0.2, 0) is 11.3 Å². The van der Waals surface area contributed by atoms with Crippen LogP contribution in [0.15, 0.2) is 41.5 Å². The highest BCUT2D eigenvalue weighted by atomic mass is 79.9. The van der Waals surface area contributed by atoms with Gasteiger partial charge in [-0.25, -0.2) is 4.79 Å². The van der Waals surface area contributed by atoms with Gasteiger partial charge >= 0.3 is 5.97 Å². The third-order valence-electron chi connectivity index (χ3n) is 2.59. The highest BCUT2D eigenvalue weighted by molar-refractivity contribution is 9.11. The average molecular weight is 294 g/mol. The first-order valence-corrected chi connectivity index (χ1v) is 6.11. The second-order valence-corrected chi connectivity index (χ2v) is 4.09. The van der Waals surface area contributed by atoms with Gasteiger partial charge in [0.2, 0.25) is 0 Å². The van der Waals surface area contributed by atoms with Crippen LogP contribution >= 0.6 is 15.9 Å². The first-order chi connectivity index (χ1) is 8.27. The lowest BCUT2D eigenvalue weighted by atomic mass is 10.2. The summed E-state index contributed by atoms with van der Waals surface area (Å²) in [4.78, 5) is 13.5. The molecule has 0 unspecified atom stereocenters. The van der Waals surface area contributed by atoms with Gasteiger partial charge in [0, 0.05) is 23.6 Å². The fourth-order valence-electron chi connectivity index (χ4n) is 1.82. The van der Waals surface area contributed by atoms with Crippen LogP contribution in [0.5, 0.6) is 0 Å². The number of esters is 1. The predicted molar refractivity (Wildman–Crippen MR) is 71.3 cm³/mol. The number of ether oxygens (including phenoxy) is 1. The molecule has 88 valence electrons. The van der Waals surface area contributed by atoms with Crippen molar-refractivity contribution in [3.05, 3.63) is 47.1 Å². The minimum Gasteiger partial charge on any atom is -0.465 e. The normalized spacial score (nSPS) is 11.2. The molecule has 0 aliphatic heterocycles. The summed E-state index contributed by atoms with van der Waals surface area (Å²) in [6, 6.07) is 7.79. The van der Waals surface area contributed by atoms with Crippen LogP contribution in [-0.4, -0.2) is 17.6 Å². The molecule has 3 nitrogen and oxygen atoms in total. The Bertz CT molecular complexity index is 572. The molecule has 0 N–H and O–H groups in total. The Balaban J connectivity index is 2.58. The van der Waals surface area contributed by atoms with Crippen molar-refractivity contribution in [3.63, 3.8) is 0 Å². The van der Waals surface area contributed by atoms with Gasteiger partial charge in [0.1, 0.15) is 0 Å². The summed E-state index contributed by atoms with van der Waals surface area (Å²) >= 11 is 3.23. The van der Waals surface area contributed by atoms with E-state index in [2.05, 4.69) is 15.9 Å². The van der Waals surface area contributed by atoms with Crippen molar-refractivity contribution in [2.45, 2.75) is 6.54 Å². The summed E-state index contributed by atoms with van der Waals surface area (Å²) < 4.78 is 6.80. The van der Waals surface area contributed by atoms with E-state index in [9.17, 15) is 4.79 Å². The van der Waals surface area contributed by atoms with Gasteiger partial charge in [-0.2, -0.15) is 0 Å². The summed E-state index contributed by atoms with van der Waals surface area (Å²) in [5.74, 6) is -0.303. The number of allylic oxidation sites excluding steroid dienone is 1. The van der Waals surface area contributed by atoms with E-state index in [0.717, 1.165) is 10.9 Å². The van der Waals surface area contributed by atoms with Gasteiger partial charge in [0.05, 0.1) is 12.7 Å². The standard InChI is InChI=1S/C13H12BrNO2/c1-17-13(16)11-9-15(8-4-7-14)12-6-3-2-5-10(11)12/h2-7,9H,8H2,1H3/b7-4+. The van der Waals surface area contributed by atoms with Crippen molar-refractivity contribution < 1.29 is 9.53 Å². The largest absolute Gasteiger partial charge is 0.465 e. The van der Waals surface area contributed by atoms with Gasteiger partial charge in [-0.05, 0) is 11.1 Å². The van der Waals surface area contributed by atoms with Crippen LogP contribution in [0.4, 0.5) is 0 Å². The molecule has 2 rings (SSSR count). The first-order valence-electron chi connectivity index (χ1n) is 5.19. The minimum absolute atomic E-state index is 0.303. The number of rotatable bonds is 3. The molecular weight excluding hydrogens is 282 g/mol. The number of carbonyl (C=O) groups is 1. The maximum absolute atomic E-state index is 11.7. The summed E-state index contributed by atoms with van der Waals surface area (Å²) in [5.41, 5.74) is 1.63. The number of hydrogen-bond acceptors (Lipinski definition) is 2. The highest BCUT2D eigenvalue weighted by Gasteiger charge is 2.14. The van der Waals surface area contributed by atoms with Crippen LogP contribution in [0.25, 0.3) is 10.9 Å². The fraction of sp³-hybridized carbons (Fsp3) is 0.154. The molecule has 0 atom stereocenters. The van der Waals surface area contributed by atoms with Crippen LogP contribution in [0, 0.1) is 0 Å². The molecule has 0 radical (unpaired) electrons. The average Bonchev–Trinajstić information content (AvgIpc) is 2.74. The SMILES string of the molecule is COC(=O)c1cn(C/C=C/Br)c2ccccc12. The molecule has 0 bridgehead atoms. The number of hydrogen-bond donors (Lipinski definition) is 0. The van der Waals surface area contributed by atoms with E-state index < -0.39 is 0 Å². The predicted octanol–water partition coefficient (Wildman–Crippen LogP) is 3.34. The molecule has 1 aromatic carbocycles. The van der Waals surface area contributed by atoms with E-state index in [1.807, 2.05) is 41.1 Å². The minimum atomic E-state index is -0.303. The summed E-state index contributed by atoms with van der Waals surface area (Å²) in [6.07, 6.45) is 3.79. The molecule has 1 aromatic heterocycles. The molecule has 17 heavy (non-hydrogen) atoms. The van der Waals surface area contributed by atoms with Gasteiger partial charge < -0.3 is 9.30 Å². The zero-order chi connectivity index (χ0) is 12.3. The molecule has 0 aliphatic rings. The lowest BCUT2D eigenvalue weighted by molar-refractivity contribution is 0.0603. The topological polar surface area (TPSA) is 31.2 Å². The Morgan fingerprint density at radius 3 is 2.94 bits per heavy atom. The van der Waals surface area contributed by atoms with Crippen LogP contribution in [0.2, 0.25) is 0 Å². The van der Waals surface area contributed by atoms with Crippen molar-refractivity contribution in [3.8, 4) is 0 Å². The Kier molecular flexibility index (Phi) is 3.64. The van der Waals surface area contributed by atoms with Crippen molar-refractivity contribution in [2.75, 3.05) is 7.11 Å². The summed E-state index contributed by atoms with van der Waals surface area (Å²) in [7, 11) is 1.40. The molecule has 1 heterocycles. The number of fused-ring (bicyclic) bond motifs is 1. The van der Waals surface area contributed by atoms with Gasteiger partial charge in [-0.3, -0.25) is 0 Å². The zero-order valence-electron chi connectivity index (χ0n) is 9.39. The number of aromatic nitrogens is 1. The molecular formula is C13H12BrNO2. The van der Waals surface area contributed by atoms with E-state index >= 15 is 0 Å². The molecule has 0 spiro atoms. The molecule has 0 saturated heterocycles. The van der Waals surface area contributed by atoms with Crippen molar-refractivity contribution in [1.29, 1.82) is 0 Å². The number of carbonyl (C=O) groups excluding carboxylic acids is 1. The van der Waals surface area contributed by atoms with Crippen molar-refractivity contribution in [2.24, 2.45) is 0 Å². The molecule has 4 heteroatoms. The molecule has 0 amide bonds. The van der Waals surface area contributed by atoms with E-state index in [4.69, 9.17) is 4.74 Å². The smallest absolute Gasteiger partial charge is 0.340 e. The molecule has 0 fully saturated rings. The Labute approximate surface area is 108 Å². The van der Waals surface area contributed by atoms with E-state index in [1.165, 1.54) is 7.11 Å². The number of benzene rings is 1. The number of nitrogens with zero attached hydrogens (tertiary/aromatic N) is 1. The van der Waals surface area contributed by atoms with Gasteiger partial charge in [0.15, 0.2) is 0 Å². The quantitative estimate of drug-likeness (QED) is 0.813. The third kappa shape index (κ3) is 2.26. The Morgan fingerprint density at radius 2 is 2.24 bits per heavy atom. The highest BCUT2D eigenvalue weighted by Crippen LogP contribution is 2.22. The van der Waals surface area contributed by atoms with Gasteiger partial charge in [0.25, 0.3) is 0 Å². The summed E-state index contributed by atoms with van der Waals surface area (Å²) in [6.45, 7) is 0.711. The number of methoxy groups -OCH3 is 1. The van der Waals surface area contributed by atoms with E-state index in [1.54, 1.807) is 4.99 Å². The molecule has 0 aliphatic carbocycles. The zero-order valence-corrected chi connectivity index (χ0v) is 11.0. The molecule has 0 saturated carbocycles. The van der Waals surface area contributed by atoms with E-state index in [0.29, 0.717) is 12.1 Å². The van der Waals surface area contributed by atoms with Crippen LogP contribution in [0.3, 0.4) is 0 Å². The van der Waals surface area contributed by atoms with E-state index in [-0.39, 0.29) is 5.97 Å². The maximum Gasteiger partial charge on any atom is 0.340 e. The number of halogens is 1. The van der Waals surface area contributed by atoms with Crippen LogP contribution in [0.1, 0.15) is 10.4 Å². The van der Waals surface area contributed by atoms with Crippen molar-refractivity contribution in [1.82, 2.24) is 4.57 Å². The second-order valence-electron chi connectivity index (χ2n) is 3.57. The summed E-state index contributed by atoms with van der Waals surface area (Å²) in [5, 5.41) is 0.919. The van der Waals surface area contributed by atoms with Gasteiger partial charge in [-0.15, -0.1) is 0 Å². The number of para-hydroxylation sites is 1. The maximum atomic E-state index is 11.7. The monoisotopic (exact) mass is 293 g/mol. The lowest BCUT2D eigenvalue weighted by Crippen LogP contribution is -2.00. The Morgan fingerprint density at radius 1 is 1.47 bits per heavy atom. The van der Waals surface area contributed by atoms with Crippen molar-refractivity contribution >= 4 is 32.8 Å². The Hall–Kier alpha value is -1.55. The van der Waals surface area contributed by atoms with Crippen LogP contribution < -0.4 is 0 Å².